The molecule has 0 unspecified atom stereocenters. The molecule has 0 bridgehead atoms. The summed E-state index contributed by atoms with van der Waals surface area (Å²) in [6.07, 6.45) is 1.87. The minimum Gasteiger partial charge on any atom is -0.381 e. The zero-order valence-electron chi connectivity index (χ0n) is 13.2. The van der Waals surface area contributed by atoms with E-state index in [-0.39, 0.29) is 12.5 Å². The predicted octanol–water partition coefficient (Wildman–Crippen LogP) is 1.17. The predicted molar refractivity (Wildman–Crippen MR) is 83.0 cm³/mol. The van der Waals surface area contributed by atoms with Gasteiger partial charge in [-0.25, -0.2) is 0 Å². The molecule has 2 aliphatic heterocycles. The highest BCUT2D eigenvalue weighted by molar-refractivity contribution is 6.22. The van der Waals surface area contributed by atoms with Crippen LogP contribution in [0.15, 0.2) is 24.3 Å². The molecule has 2 heterocycles. The lowest BCUT2D eigenvalue weighted by Crippen LogP contribution is -2.43. The van der Waals surface area contributed by atoms with Crippen molar-refractivity contribution in [3.8, 4) is 0 Å². The van der Waals surface area contributed by atoms with Crippen molar-refractivity contribution in [1.29, 1.82) is 0 Å². The zero-order chi connectivity index (χ0) is 16.4. The van der Waals surface area contributed by atoms with Gasteiger partial charge < -0.3 is 9.64 Å². The third-order valence-corrected chi connectivity index (χ3v) is 4.47. The summed E-state index contributed by atoms with van der Waals surface area (Å²) in [5, 5.41) is 0. The number of fused-ring (bicyclic) bond motifs is 1. The minimum atomic E-state index is -0.390. The van der Waals surface area contributed by atoms with Gasteiger partial charge in [-0.1, -0.05) is 12.1 Å². The van der Waals surface area contributed by atoms with Crippen LogP contribution in [0.5, 0.6) is 0 Å². The summed E-state index contributed by atoms with van der Waals surface area (Å²) in [5.41, 5.74) is 0.745. The van der Waals surface area contributed by atoms with E-state index in [2.05, 4.69) is 0 Å². The maximum atomic E-state index is 12.4. The van der Waals surface area contributed by atoms with Gasteiger partial charge in [0.25, 0.3) is 11.8 Å². The van der Waals surface area contributed by atoms with Crippen molar-refractivity contribution < 1.29 is 19.1 Å². The van der Waals surface area contributed by atoms with Crippen molar-refractivity contribution in [1.82, 2.24) is 9.80 Å². The van der Waals surface area contributed by atoms with Gasteiger partial charge in [0.05, 0.1) is 11.1 Å². The molecule has 3 rings (SSSR count). The van der Waals surface area contributed by atoms with Gasteiger partial charge in [-0.15, -0.1) is 0 Å². The summed E-state index contributed by atoms with van der Waals surface area (Å²) >= 11 is 0. The summed E-state index contributed by atoms with van der Waals surface area (Å²) < 4.78 is 5.31. The molecule has 6 heteroatoms. The number of amides is 3. The van der Waals surface area contributed by atoms with Gasteiger partial charge in [-0.2, -0.15) is 0 Å². The number of likely N-dealkylation sites (N-methyl/N-ethyl adjacent to an activating group) is 1. The molecule has 1 fully saturated rings. The van der Waals surface area contributed by atoms with E-state index >= 15 is 0 Å². The first-order valence-corrected chi connectivity index (χ1v) is 7.85. The highest BCUT2D eigenvalue weighted by Gasteiger charge is 2.36. The van der Waals surface area contributed by atoms with Crippen LogP contribution in [0.4, 0.5) is 0 Å². The Morgan fingerprint density at radius 2 is 1.74 bits per heavy atom. The molecule has 0 aliphatic carbocycles. The van der Waals surface area contributed by atoms with Crippen LogP contribution in [0.25, 0.3) is 0 Å². The van der Waals surface area contributed by atoms with Crippen LogP contribution in [0, 0.1) is 5.92 Å². The average Bonchev–Trinajstić information content (AvgIpc) is 2.81. The lowest BCUT2D eigenvalue weighted by Gasteiger charge is -2.28. The molecule has 0 radical (unpaired) electrons. The summed E-state index contributed by atoms with van der Waals surface area (Å²) in [6.45, 7) is 1.88. The van der Waals surface area contributed by atoms with Crippen LogP contribution >= 0.6 is 0 Å². The summed E-state index contributed by atoms with van der Waals surface area (Å²) in [6, 6.07) is 6.66. The van der Waals surface area contributed by atoms with Crippen LogP contribution in [0.1, 0.15) is 33.6 Å². The smallest absolute Gasteiger partial charge is 0.262 e. The number of carbonyl (C=O) groups excluding carboxylic acids is 3. The molecule has 0 spiro atoms. The maximum absolute atomic E-state index is 12.4. The third kappa shape index (κ3) is 3.12. The van der Waals surface area contributed by atoms with Gasteiger partial charge in [-0.05, 0) is 30.9 Å². The lowest BCUT2D eigenvalue weighted by atomic mass is 10.00. The average molecular weight is 316 g/mol. The van der Waals surface area contributed by atoms with E-state index < -0.39 is 11.8 Å². The fraction of sp³-hybridized carbons (Fsp3) is 0.471. The Kier molecular flexibility index (Phi) is 4.43. The first-order chi connectivity index (χ1) is 11.1. The van der Waals surface area contributed by atoms with Crippen molar-refractivity contribution in [2.24, 2.45) is 5.92 Å². The SMILES string of the molecule is CN(CC1CCOCC1)C(=O)CN1C(=O)c2ccccc2C1=O. The van der Waals surface area contributed by atoms with Gasteiger partial charge in [0.2, 0.25) is 5.91 Å². The zero-order valence-corrected chi connectivity index (χ0v) is 13.2. The molecular weight excluding hydrogens is 296 g/mol. The van der Waals surface area contributed by atoms with E-state index in [0.717, 1.165) is 31.0 Å². The molecule has 0 atom stereocenters. The van der Waals surface area contributed by atoms with Crippen LogP contribution in [-0.2, 0) is 9.53 Å². The first-order valence-electron chi connectivity index (χ1n) is 7.85. The van der Waals surface area contributed by atoms with E-state index in [4.69, 9.17) is 4.74 Å². The van der Waals surface area contributed by atoms with Crippen LogP contribution in [0.2, 0.25) is 0 Å². The fourth-order valence-corrected chi connectivity index (χ4v) is 3.06. The summed E-state index contributed by atoms with van der Waals surface area (Å²) in [7, 11) is 1.72. The Hall–Kier alpha value is -2.21. The van der Waals surface area contributed by atoms with Crippen molar-refractivity contribution in [3.63, 3.8) is 0 Å². The Balaban J connectivity index is 1.62. The van der Waals surface area contributed by atoms with E-state index in [0.29, 0.717) is 23.6 Å². The molecule has 6 nitrogen and oxygen atoms in total. The van der Waals surface area contributed by atoms with Crippen LogP contribution in [-0.4, -0.2) is 60.9 Å². The monoisotopic (exact) mass is 316 g/mol. The first kappa shape index (κ1) is 15.7. The molecule has 23 heavy (non-hydrogen) atoms. The van der Waals surface area contributed by atoms with E-state index in [1.165, 1.54) is 0 Å². The maximum Gasteiger partial charge on any atom is 0.262 e. The number of carbonyl (C=O) groups is 3. The molecule has 122 valence electrons. The minimum absolute atomic E-state index is 0.202. The van der Waals surface area contributed by atoms with Gasteiger partial charge >= 0.3 is 0 Å². The molecule has 0 aromatic heterocycles. The van der Waals surface area contributed by atoms with E-state index in [9.17, 15) is 14.4 Å². The number of imide groups is 1. The Morgan fingerprint density at radius 3 is 2.30 bits per heavy atom. The number of nitrogens with zero attached hydrogens (tertiary/aromatic N) is 2. The molecule has 1 saturated heterocycles. The quantitative estimate of drug-likeness (QED) is 0.782. The molecular formula is C17H20N2O4. The third-order valence-electron chi connectivity index (χ3n) is 4.47. The molecule has 1 aromatic carbocycles. The van der Waals surface area contributed by atoms with Crippen molar-refractivity contribution in [2.75, 3.05) is 33.4 Å². The second-order valence-corrected chi connectivity index (χ2v) is 6.07. The molecule has 3 amide bonds. The topological polar surface area (TPSA) is 66.9 Å². The number of rotatable bonds is 4. The van der Waals surface area contributed by atoms with Gasteiger partial charge in [-0.3, -0.25) is 19.3 Å². The molecule has 0 N–H and O–H groups in total. The van der Waals surface area contributed by atoms with Gasteiger partial charge in [0.15, 0.2) is 0 Å². The highest BCUT2D eigenvalue weighted by atomic mass is 16.5. The fourth-order valence-electron chi connectivity index (χ4n) is 3.06. The van der Waals surface area contributed by atoms with Gasteiger partial charge in [0, 0.05) is 26.8 Å². The Labute approximate surface area is 135 Å². The largest absolute Gasteiger partial charge is 0.381 e. The summed E-state index contributed by atoms with van der Waals surface area (Å²) in [4.78, 5) is 39.6. The molecule has 0 saturated carbocycles. The summed E-state index contributed by atoms with van der Waals surface area (Å²) in [5.74, 6) is -0.581. The number of benzene rings is 1. The molecule has 1 aromatic rings. The second kappa shape index (κ2) is 6.50. The van der Waals surface area contributed by atoms with Crippen molar-refractivity contribution >= 4 is 17.7 Å². The Bertz CT molecular complexity index is 602. The highest BCUT2D eigenvalue weighted by Crippen LogP contribution is 2.22. The Morgan fingerprint density at radius 1 is 1.17 bits per heavy atom. The van der Waals surface area contributed by atoms with E-state index in [1.54, 1.807) is 36.2 Å². The normalized spacial score (nSPS) is 18.2. The van der Waals surface area contributed by atoms with Crippen molar-refractivity contribution in [2.45, 2.75) is 12.8 Å². The molecule has 2 aliphatic rings. The van der Waals surface area contributed by atoms with Crippen LogP contribution < -0.4 is 0 Å². The van der Waals surface area contributed by atoms with Gasteiger partial charge in [0.1, 0.15) is 6.54 Å². The van der Waals surface area contributed by atoms with Crippen LogP contribution in [0.3, 0.4) is 0 Å². The lowest BCUT2D eigenvalue weighted by molar-refractivity contribution is -0.131. The number of hydrogen-bond acceptors (Lipinski definition) is 4. The standard InChI is InChI=1S/C17H20N2O4/c1-18(10-12-6-8-23-9-7-12)15(20)11-19-16(21)13-4-2-3-5-14(13)17(19)22/h2-5,12H,6-11H2,1H3. The second-order valence-electron chi connectivity index (χ2n) is 6.07. The van der Waals surface area contributed by atoms with Crippen molar-refractivity contribution in [3.05, 3.63) is 35.4 Å². The number of ether oxygens (including phenoxy) is 1. The number of hydrogen-bond donors (Lipinski definition) is 0. The van der Waals surface area contributed by atoms with E-state index in [1.807, 2.05) is 0 Å².